The molecule has 4 nitrogen and oxygen atoms in total. The van der Waals surface area contributed by atoms with Crippen LogP contribution in [0.3, 0.4) is 0 Å². The molecule has 170 valence electrons. The maximum Gasteiger partial charge on any atom is 0.389 e. The molecule has 0 atom stereocenters. The van der Waals surface area contributed by atoms with Gasteiger partial charge in [-0.1, -0.05) is 36.4 Å². The number of ketones is 1. The molecule has 1 saturated heterocycles. The Balaban J connectivity index is 1.51. The van der Waals surface area contributed by atoms with Crippen molar-refractivity contribution in [2.24, 2.45) is 0 Å². The quantitative estimate of drug-likeness (QED) is 0.606. The average molecular weight is 448 g/mol. The van der Waals surface area contributed by atoms with Gasteiger partial charge in [0.15, 0.2) is 5.78 Å². The molecule has 1 fully saturated rings. The van der Waals surface area contributed by atoms with Crippen molar-refractivity contribution in [1.82, 2.24) is 4.90 Å². The van der Waals surface area contributed by atoms with Gasteiger partial charge in [0.05, 0.1) is 24.1 Å². The van der Waals surface area contributed by atoms with E-state index in [1.165, 1.54) is 22.6 Å². The molecular formula is C24H24F4N2O2. The monoisotopic (exact) mass is 448 g/mol. The smallest absolute Gasteiger partial charge is 0.304 e. The lowest BCUT2D eigenvalue weighted by Gasteiger charge is -2.38. The molecule has 1 spiro atoms. The van der Waals surface area contributed by atoms with Gasteiger partial charge < -0.3 is 4.90 Å². The number of carbonyl (C=O) groups excluding carboxylic acids is 2. The first-order chi connectivity index (χ1) is 15.2. The first kappa shape index (κ1) is 22.5. The van der Waals surface area contributed by atoms with Crippen LogP contribution in [0.4, 0.5) is 23.2 Å². The van der Waals surface area contributed by atoms with Gasteiger partial charge in [-0.3, -0.25) is 14.5 Å². The Morgan fingerprint density at radius 3 is 2.38 bits per heavy atom. The Kier molecular flexibility index (Phi) is 6.07. The number of fused-ring (bicyclic) bond motifs is 2. The van der Waals surface area contributed by atoms with Crippen LogP contribution in [0, 0.1) is 5.82 Å². The maximum absolute atomic E-state index is 14.0. The summed E-state index contributed by atoms with van der Waals surface area (Å²) in [6.45, 7) is 1.57. The maximum atomic E-state index is 14.0. The number of nitrogens with zero attached hydrogens (tertiary/aromatic N) is 2. The lowest BCUT2D eigenvalue weighted by Crippen LogP contribution is -2.49. The van der Waals surface area contributed by atoms with Gasteiger partial charge in [0.2, 0.25) is 5.91 Å². The predicted octanol–water partition coefficient (Wildman–Crippen LogP) is 4.62. The lowest BCUT2D eigenvalue weighted by atomic mass is 9.73. The van der Waals surface area contributed by atoms with Crippen molar-refractivity contribution in [2.45, 2.75) is 43.8 Å². The highest BCUT2D eigenvalue weighted by Gasteiger charge is 2.52. The third-order valence-corrected chi connectivity index (χ3v) is 6.40. The van der Waals surface area contributed by atoms with Gasteiger partial charge in [0, 0.05) is 13.0 Å². The third-order valence-electron chi connectivity index (χ3n) is 6.40. The zero-order chi connectivity index (χ0) is 22.9. The van der Waals surface area contributed by atoms with E-state index in [1.54, 1.807) is 6.07 Å². The largest absolute Gasteiger partial charge is 0.389 e. The Labute approximate surface area is 183 Å². The molecule has 2 aromatic carbocycles. The van der Waals surface area contributed by atoms with Gasteiger partial charge in [0.25, 0.3) is 0 Å². The molecule has 0 aromatic heterocycles. The molecule has 0 saturated carbocycles. The second-order valence-electron chi connectivity index (χ2n) is 8.55. The first-order valence-electron chi connectivity index (χ1n) is 10.6. The number of carbonyl (C=O) groups is 2. The zero-order valence-electron chi connectivity index (χ0n) is 17.5. The van der Waals surface area contributed by atoms with E-state index < -0.39 is 42.6 Å². The summed E-state index contributed by atoms with van der Waals surface area (Å²) in [5, 5.41) is 0. The number of benzene rings is 2. The Morgan fingerprint density at radius 1 is 1.03 bits per heavy atom. The summed E-state index contributed by atoms with van der Waals surface area (Å²) in [6.07, 6.45) is -5.37. The van der Waals surface area contributed by atoms with Crippen LogP contribution in [0.15, 0.2) is 48.5 Å². The molecule has 0 unspecified atom stereocenters. The third kappa shape index (κ3) is 4.55. The van der Waals surface area contributed by atoms with E-state index in [-0.39, 0.29) is 5.91 Å². The SMILES string of the molecule is O=C(CCC(F)(F)F)CN1C(=O)C2(CCN(Cc3ccccc3)CC2)c2ccc(F)cc21. The number of hydrogen-bond acceptors (Lipinski definition) is 3. The zero-order valence-corrected chi connectivity index (χ0v) is 17.5. The van der Waals surface area contributed by atoms with Gasteiger partial charge >= 0.3 is 6.18 Å². The number of likely N-dealkylation sites (tertiary alicyclic amines) is 1. The van der Waals surface area contributed by atoms with E-state index in [2.05, 4.69) is 4.90 Å². The summed E-state index contributed by atoms with van der Waals surface area (Å²) in [5.41, 5.74) is 1.25. The van der Waals surface area contributed by atoms with Crippen molar-refractivity contribution >= 4 is 17.4 Å². The van der Waals surface area contributed by atoms with Crippen LogP contribution in [0.25, 0.3) is 0 Å². The molecule has 8 heteroatoms. The highest BCUT2D eigenvalue weighted by Crippen LogP contribution is 2.48. The molecular weight excluding hydrogens is 424 g/mol. The second-order valence-corrected chi connectivity index (χ2v) is 8.55. The van der Waals surface area contributed by atoms with Crippen LogP contribution in [-0.4, -0.2) is 42.4 Å². The fraction of sp³-hybridized carbons (Fsp3) is 0.417. The summed E-state index contributed by atoms with van der Waals surface area (Å²) in [7, 11) is 0. The molecule has 2 aliphatic heterocycles. The Morgan fingerprint density at radius 2 is 1.72 bits per heavy atom. The number of halogens is 4. The van der Waals surface area contributed by atoms with Crippen molar-refractivity contribution in [1.29, 1.82) is 0 Å². The van der Waals surface area contributed by atoms with Crippen LogP contribution >= 0.6 is 0 Å². The lowest BCUT2D eigenvalue weighted by molar-refractivity contribution is -0.142. The second kappa shape index (κ2) is 8.65. The molecule has 4 rings (SSSR count). The summed E-state index contributed by atoms with van der Waals surface area (Å²) in [6, 6.07) is 14.0. The van der Waals surface area contributed by atoms with Crippen molar-refractivity contribution in [2.75, 3.05) is 24.5 Å². The number of hydrogen-bond donors (Lipinski definition) is 0. The number of alkyl halides is 3. The van der Waals surface area contributed by atoms with Crippen molar-refractivity contribution in [3.05, 3.63) is 65.5 Å². The van der Waals surface area contributed by atoms with E-state index in [9.17, 15) is 27.2 Å². The molecule has 2 heterocycles. The van der Waals surface area contributed by atoms with Gasteiger partial charge in [-0.05, 0) is 49.2 Å². The van der Waals surface area contributed by atoms with E-state index in [0.717, 1.165) is 6.54 Å². The van der Waals surface area contributed by atoms with Crippen LogP contribution in [-0.2, 0) is 21.5 Å². The summed E-state index contributed by atoms with van der Waals surface area (Å²) in [5.74, 6) is -1.56. The number of anilines is 1. The van der Waals surface area contributed by atoms with Gasteiger partial charge in [0.1, 0.15) is 5.82 Å². The van der Waals surface area contributed by atoms with Crippen LogP contribution < -0.4 is 4.90 Å². The van der Waals surface area contributed by atoms with E-state index in [1.807, 2.05) is 30.3 Å². The van der Waals surface area contributed by atoms with E-state index in [0.29, 0.717) is 37.2 Å². The van der Waals surface area contributed by atoms with Crippen molar-refractivity contribution < 1.29 is 27.2 Å². The summed E-state index contributed by atoms with van der Waals surface area (Å²) < 4.78 is 51.5. The molecule has 0 aliphatic carbocycles. The molecule has 32 heavy (non-hydrogen) atoms. The summed E-state index contributed by atoms with van der Waals surface area (Å²) >= 11 is 0. The number of amides is 1. The first-order valence-corrected chi connectivity index (χ1v) is 10.6. The standard InChI is InChI=1S/C24H24F4N2O2/c25-18-6-7-20-21(14-18)30(16-19(31)8-9-24(26,27)28)22(32)23(20)10-12-29(13-11-23)15-17-4-2-1-3-5-17/h1-7,14H,8-13,15-16H2. The molecule has 2 aliphatic rings. The number of piperidine rings is 1. The minimum absolute atomic E-state index is 0.298. The topological polar surface area (TPSA) is 40.6 Å². The van der Waals surface area contributed by atoms with Crippen LogP contribution in [0.1, 0.15) is 36.8 Å². The fourth-order valence-corrected chi connectivity index (χ4v) is 4.73. The van der Waals surface area contributed by atoms with Crippen molar-refractivity contribution in [3.8, 4) is 0 Å². The van der Waals surface area contributed by atoms with Crippen LogP contribution in [0.5, 0.6) is 0 Å². The molecule has 0 N–H and O–H groups in total. The van der Waals surface area contributed by atoms with Gasteiger partial charge in [-0.15, -0.1) is 0 Å². The fourth-order valence-electron chi connectivity index (χ4n) is 4.73. The highest BCUT2D eigenvalue weighted by atomic mass is 19.4. The molecule has 0 radical (unpaired) electrons. The van der Waals surface area contributed by atoms with E-state index in [4.69, 9.17) is 0 Å². The molecule has 2 aromatic rings. The minimum Gasteiger partial charge on any atom is -0.304 e. The summed E-state index contributed by atoms with van der Waals surface area (Å²) in [4.78, 5) is 29.1. The molecule has 1 amide bonds. The van der Waals surface area contributed by atoms with Crippen LogP contribution in [0.2, 0.25) is 0 Å². The van der Waals surface area contributed by atoms with Gasteiger partial charge in [-0.2, -0.15) is 13.2 Å². The Hall–Kier alpha value is -2.74. The predicted molar refractivity (Wildman–Crippen MR) is 112 cm³/mol. The normalized spacial score (nSPS) is 18.2. The van der Waals surface area contributed by atoms with Gasteiger partial charge in [-0.25, -0.2) is 4.39 Å². The number of rotatable bonds is 6. The van der Waals surface area contributed by atoms with Crippen molar-refractivity contribution in [3.63, 3.8) is 0 Å². The average Bonchev–Trinajstić information content (AvgIpc) is 2.96. The minimum atomic E-state index is -4.44. The Bertz CT molecular complexity index is 999. The van der Waals surface area contributed by atoms with E-state index >= 15 is 0 Å². The highest BCUT2D eigenvalue weighted by molar-refractivity contribution is 6.11. The molecule has 0 bridgehead atoms. The number of Topliss-reactive ketones (excluding diaryl/α,β-unsaturated/α-hetero) is 1.